The maximum atomic E-state index is 13.6. The molecular formula is C25H26N2O5S. The highest BCUT2D eigenvalue weighted by atomic mass is 32.2. The molecule has 0 radical (unpaired) electrons. The Labute approximate surface area is 197 Å². The molecule has 0 saturated heterocycles. The Morgan fingerprint density at radius 2 is 1.82 bits per heavy atom. The molecule has 8 heteroatoms. The minimum atomic E-state index is -0.655. The summed E-state index contributed by atoms with van der Waals surface area (Å²) in [6.07, 6.45) is 3.57. The molecule has 0 spiro atoms. The van der Waals surface area contributed by atoms with Gasteiger partial charge in [-0.25, -0.2) is 0 Å². The number of nitrogens with one attached hydrogen (secondary N) is 1. The molecular weight excluding hydrogens is 440 g/mol. The highest BCUT2D eigenvalue weighted by molar-refractivity contribution is 7.98. The van der Waals surface area contributed by atoms with Gasteiger partial charge in [-0.2, -0.15) is 0 Å². The fraction of sp³-hybridized carbons (Fsp3) is 0.280. The molecule has 2 atom stereocenters. The van der Waals surface area contributed by atoms with E-state index in [0.29, 0.717) is 28.4 Å². The van der Waals surface area contributed by atoms with E-state index < -0.39 is 12.0 Å². The van der Waals surface area contributed by atoms with Crippen LogP contribution < -0.4 is 14.8 Å². The molecule has 1 N–H and O–H groups in total. The number of thioether (sulfide) groups is 1. The van der Waals surface area contributed by atoms with Crippen LogP contribution in [0.15, 0.2) is 64.1 Å². The van der Waals surface area contributed by atoms with E-state index in [-0.39, 0.29) is 18.4 Å². The van der Waals surface area contributed by atoms with Gasteiger partial charge in [0, 0.05) is 17.5 Å². The number of hydrogen-bond acceptors (Lipinski definition) is 6. The molecule has 1 aliphatic heterocycles. The average Bonchev–Trinajstić information content (AvgIpc) is 3.37. The molecule has 7 nitrogen and oxygen atoms in total. The number of amides is 2. The minimum Gasteiger partial charge on any atom is -0.493 e. The molecule has 172 valence electrons. The van der Waals surface area contributed by atoms with Crippen LogP contribution in [-0.2, 0) is 11.3 Å². The summed E-state index contributed by atoms with van der Waals surface area (Å²) in [4.78, 5) is 29.7. The van der Waals surface area contributed by atoms with Gasteiger partial charge in [0.05, 0.1) is 39.0 Å². The Bertz CT molecular complexity index is 1140. The number of nitrogens with zero attached hydrogens (tertiary/aromatic N) is 1. The smallest absolute Gasteiger partial charge is 0.254 e. The number of fused-ring (bicyclic) bond motifs is 1. The lowest BCUT2D eigenvalue weighted by Gasteiger charge is -2.40. The lowest BCUT2D eigenvalue weighted by Crippen LogP contribution is -2.45. The first-order chi connectivity index (χ1) is 16.0. The van der Waals surface area contributed by atoms with Gasteiger partial charge in [0.15, 0.2) is 11.5 Å². The Morgan fingerprint density at radius 1 is 1.12 bits per heavy atom. The third-order valence-electron chi connectivity index (χ3n) is 5.93. The van der Waals surface area contributed by atoms with Gasteiger partial charge in [-0.3, -0.25) is 9.59 Å². The fourth-order valence-corrected chi connectivity index (χ4v) is 4.65. The number of benzene rings is 2. The van der Waals surface area contributed by atoms with Crippen LogP contribution in [-0.4, -0.2) is 44.2 Å². The predicted octanol–water partition coefficient (Wildman–Crippen LogP) is 4.25. The second-order valence-electron chi connectivity index (χ2n) is 7.70. The second kappa shape index (κ2) is 9.62. The summed E-state index contributed by atoms with van der Waals surface area (Å²) < 4.78 is 16.3. The van der Waals surface area contributed by atoms with Crippen LogP contribution in [0.4, 0.5) is 0 Å². The zero-order chi connectivity index (χ0) is 23.5. The van der Waals surface area contributed by atoms with Crippen molar-refractivity contribution in [3.63, 3.8) is 0 Å². The van der Waals surface area contributed by atoms with Gasteiger partial charge in [0.25, 0.3) is 5.91 Å². The van der Waals surface area contributed by atoms with Gasteiger partial charge in [-0.1, -0.05) is 12.1 Å². The molecule has 1 aliphatic rings. The van der Waals surface area contributed by atoms with Crippen molar-refractivity contribution in [3.05, 3.63) is 77.2 Å². The first-order valence-corrected chi connectivity index (χ1v) is 11.7. The number of hydrogen-bond donors (Lipinski definition) is 1. The van der Waals surface area contributed by atoms with Crippen LogP contribution >= 0.6 is 11.8 Å². The van der Waals surface area contributed by atoms with Crippen molar-refractivity contribution in [1.82, 2.24) is 10.2 Å². The molecule has 0 bridgehead atoms. The van der Waals surface area contributed by atoms with Gasteiger partial charge in [-0.05, 0) is 53.8 Å². The van der Waals surface area contributed by atoms with E-state index in [9.17, 15) is 9.59 Å². The number of ether oxygens (including phenoxy) is 2. The van der Waals surface area contributed by atoms with E-state index in [0.717, 1.165) is 10.5 Å². The van der Waals surface area contributed by atoms with Gasteiger partial charge in [0.2, 0.25) is 5.91 Å². The SMILES string of the molecule is COc1cc2c(cc1OC)C(C(=O)NCc1ccco1)C(c1ccc(SC)cc1)N(C)C2=O. The Kier molecular flexibility index (Phi) is 6.65. The fourth-order valence-electron chi connectivity index (χ4n) is 4.25. The summed E-state index contributed by atoms with van der Waals surface area (Å²) in [6, 6.07) is 14.4. The summed E-state index contributed by atoms with van der Waals surface area (Å²) >= 11 is 1.64. The Balaban J connectivity index is 1.82. The number of rotatable bonds is 7. The summed E-state index contributed by atoms with van der Waals surface area (Å²) in [6.45, 7) is 0.251. The average molecular weight is 467 g/mol. The minimum absolute atomic E-state index is 0.181. The van der Waals surface area contributed by atoms with Crippen molar-refractivity contribution in [3.8, 4) is 11.5 Å². The third kappa shape index (κ3) is 4.30. The van der Waals surface area contributed by atoms with Crippen molar-refractivity contribution in [2.45, 2.75) is 23.4 Å². The zero-order valence-electron chi connectivity index (χ0n) is 19.0. The molecule has 1 aromatic heterocycles. The molecule has 2 unspecified atom stereocenters. The van der Waals surface area contributed by atoms with Crippen LogP contribution in [0.2, 0.25) is 0 Å². The van der Waals surface area contributed by atoms with Gasteiger partial charge in [-0.15, -0.1) is 11.8 Å². The van der Waals surface area contributed by atoms with Gasteiger partial charge >= 0.3 is 0 Å². The molecule has 33 heavy (non-hydrogen) atoms. The van der Waals surface area contributed by atoms with Crippen LogP contribution in [0.3, 0.4) is 0 Å². The first-order valence-electron chi connectivity index (χ1n) is 10.5. The highest BCUT2D eigenvalue weighted by Gasteiger charge is 2.43. The van der Waals surface area contributed by atoms with Crippen LogP contribution in [0.5, 0.6) is 11.5 Å². The number of carbonyl (C=O) groups is 2. The summed E-state index contributed by atoms with van der Waals surface area (Å²) in [5, 5.41) is 2.97. The van der Waals surface area contributed by atoms with E-state index in [1.54, 1.807) is 54.2 Å². The molecule has 4 rings (SSSR count). The van der Waals surface area contributed by atoms with Crippen molar-refractivity contribution < 1.29 is 23.5 Å². The molecule has 0 fully saturated rings. The zero-order valence-corrected chi connectivity index (χ0v) is 19.8. The molecule has 0 saturated carbocycles. The monoisotopic (exact) mass is 466 g/mol. The maximum absolute atomic E-state index is 13.6. The Hall–Kier alpha value is -3.39. The van der Waals surface area contributed by atoms with Crippen molar-refractivity contribution in [2.24, 2.45) is 0 Å². The maximum Gasteiger partial charge on any atom is 0.254 e. The second-order valence-corrected chi connectivity index (χ2v) is 8.58. The molecule has 2 aromatic carbocycles. The van der Waals surface area contributed by atoms with E-state index in [1.165, 1.54) is 14.2 Å². The lowest BCUT2D eigenvalue weighted by molar-refractivity contribution is -0.124. The first kappa shape index (κ1) is 22.8. The summed E-state index contributed by atoms with van der Waals surface area (Å²) in [5.41, 5.74) is 1.90. The quantitative estimate of drug-likeness (QED) is 0.525. The standard InChI is InChI=1S/C25H26N2O5S/c1-27-23(15-7-9-17(33-4)10-8-15)22(24(28)26-14-16-6-5-11-32-16)18-12-20(30-2)21(31-3)13-19(18)25(27)29/h5-13,22-23H,14H2,1-4H3,(H,26,28). The normalized spacial score (nSPS) is 17.5. The van der Waals surface area contributed by atoms with E-state index in [4.69, 9.17) is 13.9 Å². The molecule has 2 heterocycles. The molecule has 2 amide bonds. The van der Waals surface area contributed by atoms with E-state index in [2.05, 4.69) is 5.32 Å². The lowest BCUT2D eigenvalue weighted by atomic mass is 9.79. The van der Waals surface area contributed by atoms with E-state index in [1.807, 2.05) is 30.5 Å². The topological polar surface area (TPSA) is 81.0 Å². The molecule has 0 aliphatic carbocycles. The Morgan fingerprint density at radius 3 is 2.42 bits per heavy atom. The number of methoxy groups -OCH3 is 2. The van der Waals surface area contributed by atoms with Crippen molar-refractivity contribution >= 4 is 23.6 Å². The van der Waals surface area contributed by atoms with Crippen LogP contribution in [0.25, 0.3) is 0 Å². The summed E-state index contributed by atoms with van der Waals surface area (Å²) in [7, 11) is 4.78. The van der Waals surface area contributed by atoms with E-state index >= 15 is 0 Å². The van der Waals surface area contributed by atoms with Gasteiger partial charge < -0.3 is 24.1 Å². The van der Waals surface area contributed by atoms with Crippen LogP contribution in [0, 0.1) is 0 Å². The van der Waals surface area contributed by atoms with Crippen LogP contribution in [0.1, 0.15) is 39.2 Å². The number of carbonyl (C=O) groups excluding carboxylic acids is 2. The van der Waals surface area contributed by atoms with Crippen molar-refractivity contribution in [1.29, 1.82) is 0 Å². The largest absolute Gasteiger partial charge is 0.493 e. The predicted molar refractivity (Wildman–Crippen MR) is 126 cm³/mol. The number of furan rings is 1. The number of likely N-dealkylation sites (N-methyl/N-ethyl adjacent to an activating group) is 1. The highest BCUT2D eigenvalue weighted by Crippen LogP contribution is 2.45. The summed E-state index contributed by atoms with van der Waals surface area (Å²) in [5.74, 6) is 0.511. The molecule has 3 aromatic rings. The van der Waals surface area contributed by atoms with Crippen molar-refractivity contribution in [2.75, 3.05) is 27.5 Å². The van der Waals surface area contributed by atoms with Gasteiger partial charge in [0.1, 0.15) is 5.76 Å². The third-order valence-corrected chi connectivity index (χ3v) is 6.67.